The van der Waals surface area contributed by atoms with E-state index in [1.807, 2.05) is 22.8 Å². The minimum absolute atomic E-state index is 0.529. The zero-order valence-corrected chi connectivity index (χ0v) is 8.21. The van der Waals surface area contributed by atoms with Gasteiger partial charge in [-0.25, -0.2) is 0 Å². The quantitative estimate of drug-likeness (QED) is 0.225. The van der Waals surface area contributed by atoms with Crippen molar-refractivity contribution in [2.45, 2.75) is 0 Å². The molecule has 0 saturated carbocycles. The number of hydrogen-bond acceptors (Lipinski definition) is 5. The molecule has 0 atom stereocenters. The van der Waals surface area contributed by atoms with Crippen LogP contribution in [0.25, 0.3) is 0 Å². The van der Waals surface area contributed by atoms with Gasteiger partial charge < -0.3 is 4.74 Å². The van der Waals surface area contributed by atoms with Gasteiger partial charge in [-0.05, 0) is 11.9 Å². The zero-order valence-electron chi connectivity index (χ0n) is 7.39. The molecule has 0 fully saturated rings. The first-order chi connectivity index (χ1) is 6.33. The van der Waals surface area contributed by atoms with Crippen LogP contribution in [0.15, 0.2) is 29.2 Å². The van der Waals surface area contributed by atoms with E-state index >= 15 is 0 Å². The van der Waals surface area contributed by atoms with E-state index in [0.29, 0.717) is 5.90 Å². The van der Waals surface area contributed by atoms with Crippen LogP contribution in [0.2, 0.25) is 0 Å². The molecule has 1 aliphatic rings. The Labute approximate surface area is 81.3 Å². The van der Waals surface area contributed by atoms with Gasteiger partial charge in [0.1, 0.15) is 12.0 Å². The molecule has 1 aliphatic heterocycles. The molecule has 0 saturated heterocycles. The molecular formula is C8H9N3OS. The lowest BCUT2D eigenvalue weighted by Gasteiger charge is -2.01. The van der Waals surface area contributed by atoms with Crippen molar-refractivity contribution < 1.29 is 4.74 Å². The van der Waals surface area contributed by atoms with Gasteiger partial charge in [-0.1, -0.05) is 0 Å². The highest BCUT2D eigenvalue weighted by Crippen LogP contribution is 2.30. The first-order valence-electron chi connectivity index (χ1n) is 3.57. The third-order valence-electron chi connectivity index (χ3n) is 1.35. The Bertz CT molecular complexity index is 314. The van der Waals surface area contributed by atoms with E-state index in [9.17, 15) is 0 Å². The molecule has 0 aromatic heterocycles. The maximum atomic E-state index is 8.22. The van der Waals surface area contributed by atoms with Crippen molar-refractivity contribution in [3.63, 3.8) is 0 Å². The molecule has 1 rings (SSSR count). The summed E-state index contributed by atoms with van der Waals surface area (Å²) in [5.41, 5.74) is 0.942. The van der Waals surface area contributed by atoms with E-state index in [1.165, 1.54) is 12.3 Å². The maximum absolute atomic E-state index is 8.22. The molecule has 0 N–H and O–H groups in total. The first-order valence-corrected chi connectivity index (χ1v) is 4.75. The third-order valence-corrected chi connectivity index (χ3v) is 2.05. The second-order valence-corrected chi connectivity index (χ2v) is 2.86. The molecule has 0 spiro atoms. The Morgan fingerprint density at radius 2 is 2.62 bits per heavy atom. The van der Waals surface area contributed by atoms with Crippen LogP contribution in [0.4, 0.5) is 0 Å². The van der Waals surface area contributed by atoms with Gasteiger partial charge >= 0.3 is 0 Å². The van der Waals surface area contributed by atoms with E-state index < -0.39 is 0 Å². The van der Waals surface area contributed by atoms with E-state index in [4.69, 9.17) is 10.00 Å². The highest BCUT2D eigenvalue weighted by Gasteiger charge is 2.26. The number of nitriles is 1. The number of ether oxygens (including phenoxy) is 1. The van der Waals surface area contributed by atoms with Gasteiger partial charge in [-0.15, -0.1) is 0 Å². The second kappa shape index (κ2) is 4.58. The van der Waals surface area contributed by atoms with Crippen LogP contribution >= 0.6 is 11.9 Å². The molecule has 5 heteroatoms. The molecule has 13 heavy (non-hydrogen) atoms. The number of rotatable bonds is 3. The Kier molecular flexibility index (Phi) is 3.41. The van der Waals surface area contributed by atoms with Crippen molar-refractivity contribution in [2.24, 2.45) is 4.99 Å². The zero-order chi connectivity index (χ0) is 9.68. The summed E-state index contributed by atoms with van der Waals surface area (Å²) >= 11 is 1.57. The van der Waals surface area contributed by atoms with E-state index in [-0.39, 0.29) is 0 Å². The topological polar surface area (TPSA) is 48.4 Å². The summed E-state index contributed by atoms with van der Waals surface area (Å²) < 4.78 is 7.04. The summed E-state index contributed by atoms with van der Waals surface area (Å²) in [5.74, 6) is 0.529. The van der Waals surface area contributed by atoms with Crippen molar-refractivity contribution in [3.8, 4) is 6.07 Å². The van der Waals surface area contributed by atoms with Crippen LogP contribution in [0.3, 0.4) is 0 Å². The molecule has 0 radical (unpaired) electrons. The average Bonchev–Trinajstić information content (AvgIpc) is 2.92. The summed E-state index contributed by atoms with van der Waals surface area (Å²) in [6.07, 6.45) is 6.45. The van der Waals surface area contributed by atoms with Crippen LogP contribution in [0.1, 0.15) is 0 Å². The lowest BCUT2D eigenvalue weighted by molar-refractivity contribution is 0.470. The number of hydrogen-bond donors (Lipinski definition) is 0. The fraction of sp³-hybridized carbons (Fsp3) is 0.250. The SMILES string of the molecule is CN=C(O/C=C/C#N)C1=CN1SC. The summed E-state index contributed by atoms with van der Waals surface area (Å²) in [6, 6.07) is 1.83. The average molecular weight is 195 g/mol. The van der Waals surface area contributed by atoms with Gasteiger partial charge in [0, 0.05) is 19.5 Å². The number of aliphatic imine (C=N–C) groups is 1. The standard InChI is InChI=1S/C8H9N3OS/c1-10-8(12-5-3-4-9)7-6-11(7)13-2/h3,5-6H,1-2H3/b5-3+,10-8?. The van der Waals surface area contributed by atoms with Gasteiger partial charge in [0.2, 0.25) is 5.90 Å². The van der Waals surface area contributed by atoms with Crippen LogP contribution in [-0.2, 0) is 4.74 Å². The Balaban J connectivity index is 2.44. The molecular weight excluding hydrogens is 186 g/mol. The fourth-order valence-electron chi connectivity index (χ4n) is 0.739. The van der Waals surface area contributed by atoms with Crippen molar-refractivity contribution in [1.82, 2.24) is 4.31 Å². The molecule has 0 aromatic carbocycles. The minimum Gasteiger partial charge on any atom is -0.444 e. The second-order valence-electron chi connectivity index (χ2n) is 2.10. The molecule has 0 amide bonds. The highest BCUT2D eigenvalue weighted by molar-refractivity contribution is 7.96. The summed E-state index contributed by atoms with van der Waals surface area (Å²) in [4.78, 5) is 3.93. The lowest BCUT2D eigenvalue weighted by atomic mass is 10.6. The predicted octanol–water partition coefficient (Wildman–Crippen LogP) is 1.50. The summed E-state index contributed by atoms with van der Waals surface area (Å²) in [7, 11) is 1.65. The Hall–Kier alpha value is -1.41. The van der Waals surface area contributed by atoms with Gasteiger partial charge in [0.25, 0.3) is 0 Å². The van der Waals surface area contributed by atoms with Crippen molar-refractivity contribution in [1.29, 1.82) is 5.26 Å². The van der Waals surface area contributed by atoms with Crippen LogP contribution < -0.4 is 0 Å². The first kappa shape index (κ1) is 9.68. The molecule has 0 unspecified atom stereocenters. The summed E-state index contributed by atoms with van der Waals surface area (Å²) in [6.45, 7) is 0. The van der Waals surface area contributed by atoms with E-state index in [1.54, 1.807) is 19.0 Å². The molecule has 0 aliphatic carbocycles. The largest absolute Gasteiger partial charge is 0.444 e. The molecule has 68 valence electrons. The highest BCUT2D eigenvalue weighted by atomic mass is 32.2. The molecule has 4 nitrogen and oxygen atoms in total. The predicted molar refractivity (Wildman–Crippen MR) is 52.6 cm³/mol. The Morgan fingerprint density at radius 1 is 1.85 bits per heavy atom. The van der Waals surface area contributed by atoms with Crippen LogP contribution in [0.5, 0.6) is 0 Å². The molecule has 1 heterocycles. The van der Waals surface area contributed by atoms with E-state index in [0.717, 1.165) is 5.70 Å². The minimum atomic E-state index is 0.529. The fourth-order valence-corrected chi connectivity index (χ4v) is 1.22. The van der Waals surface area contributed by atoms with Crippen molar-refractivity contribution >= 4 is 17.8 Å². The normalized spacial score (nSPS) is 15.6. The Morgan fingerprint density at radius 3 is 3.08 bits per heavy atom. The van der Waals surface area contributed by atoms with Crippen molar-refractivity contribution in [3.05, 3.63) is 24.2 Å². The number of nitrogens with zero attached hydrogens (tertiary/aromatic N) is 3. The molecule has 0 aromatic rings. The maximum Gasteiger partial charge on any atom is 0.240 e. The summed E-state index contributed by atoms with van der Waals surface area (Å²) in [5, 5.41) is 8.22. The van der Waals surface area contributed by atoms with Gasteiger partial charge in [-0.2, -0.15) is 5.26 Å². The van der Waals surface area contributed by atoms with Gasteiger partial charge in [-0.3, -0.25) is 9.30 Å². The van der Waals surface area contributed by atoms with Crippen molar-refractivity contribution in [2.75, 3.05) is 13.3 Å². The van der Waals surface area contributed by atoms with Gasteiger partial charge in [0.15, 0.2) is 0 Å². The van der Waals surface area contributed by atoms with Crippen LogP contribution in [0, 0.1) is 11.3 Å². The van der Waals surface area contributed by atoms with Gasteiger partial charge in [0.05, 0.1) is 12.1 Å². The number of allylic oxidation sites excluding steroid dienone is 1. The van der Waals surface area contributed by atoms with E-state index in [2.05, 4.69) is 4.99 Å². The monoisotopic (exact) mass is 195 g/mol. The lowest BCUT2D eigenvalue weighted by Crippen LogP contribution is -2.02. The smallest absolute Gasteiger partial charge is 0.240 e. The third kappa shape index (κ3) is 2.53. The molecule has 0 bridgehead atoms. The van der Waals surface area contributed by atoms with Crippen LogP contribution in [-0.4, -0.2) is 23.5 Å².